The molecular weight excluding hydrogens is 712 g/mol. The van der Waals surface area contributed by atoms with Crippen LogP contribution in [-0.2, 0) is 0 Å². The van der Waals surface area contributed by atoms with Crippen molar-refractivity contribution in [3.05, 3.63) is 142 Å². The molecule has 2 aromatic heterocycles. The zero-order chi connectivity index (χ0) is 30.2. The minimum atomic E-state index is 0.950. The van der Waals surface area contributed by atoms with Gasteiger partial charge in [-0.3, -0.25) is 0 Å². The number of hydrogen-bond donors (Lipinski definition) is 0. The Bertz CT molecular complexity index is 2110. The lowest BCUT2D eigenvalue weighted by Gasteiger charge is -2.04. The average molecular weight is 739 g/mol. The van der Waals surface area contributed by atoms with Gasteiger partial charge < -0.3 is 8.83 Å². The zero-order valence-corrected chi connectivity index (χ0v) is 28.7. The third-order valence-corrected chi connectivity index (χ3v) is 10.8. The van der Waals surface area contributed by atoms with Gasteiger partial charge in [0.15, 0.2) is 0 Å². The summed E-state index contributed by atoms with van der Waals surface area (Å²) in [6.45, 7) is 4.08. The Hall–Kier alpha value is -3.42. The van der Waals surface area contributed by atoms with E-state index in [9.17, 15) is 0 Å². The summed E-state index contributed by atoms with van der Waals surface area (Å²) in [7, 11) is 0. The first kappa shape index (κ1) is 29.3. The molecule has 0 bridgehead atoms. The number of fused-ring (bicyclic) bond motifs is 6. The molecule has 0 aliphatic rings. The van der Waals surface area contributed by atoms with Gasteiger partial charge in [-0.15, -0.1) is 0 Å². The molecule has 0 aliphatic heterocycles. The highest BCUT2D eigenvalue weighted by Crippen LogP contribution is 2.43. The lowest BCUT2D eigenvalue weighted by molar-refractivity contribution is 0.568. The Morgan fingerprint density at radius 2 is 0.886 bits per heavy atom. The molecule has 0 amide bonds. The fraction of sp³-hybridized carbons (Fsp3) is 0.0526. The molecule has 6 aromatic carbocycles. The Balaban J connectivity index is 0.000000142. The van der Waals surface area contributed by atoms with Crippen molar-refractivity contribution in [3.63, 3.8) is 0 Å². The highest BCUT2D eigenvalue weighted by atomic mass is 79.9. The predicted octanol–water partition coefficient (Wildman–Crippen LogP) is 13.6. The normalized spacial score (nSPS) is 11.4. The van der Waals surface area contributed by atoms with E-state index in [0.29, 0.717) is 0 Å². The third kappa shape index (κ3) is 5.84. The maximum atomic E-state index is 5.98. The first-order valence-corrected chi connectivity index (χ1v) is 17.3. The quantitative estimate of drug-likeness (QED) is 0.180. The van der Waals surface area contributed by atoms with Gasteiger partial charge in [0, 0.05) is 29.5 Å². The van der Waals surface area contributed by atoms with Crippen LogP contribution in [-0.4, -0.2) is 0 Å². The highest BCUT2D eigenvalue weighted by molar-refractivity contribution is 9.10. The van der Waals surface area contributed by atoms with Gasteiger partial charge in [-0.05, 0) is 96.1 Å². The van der Waals surface area contributed by atoms with E-state index in [4.69, 9.17) is 8.83 Å². The summed E-state index contributed by atoms with van der Waals surface area (Å²) in [4.78, 5) is 4.85. The molecule has 0 radical (unpaired) electrons. The van der Waals surface area contributed by atoms with E-state index < -0.39 is 0 Å². The first-order valence-electron chi connectivity index (χ1n) is 14.1. The molecule has 0 fully saturated rings. The molecule has 6 heteroatoms. The number of furan rings is 2. The van der Waals surface area contributed by atoms with Crippen molar-refractivity contribution in [3.8, 4) is 0 Å². The van der Waals surface area contributed by atoms with Gasteiger partial charge in [0.2, 0.25) is 0 Å². The maximum Gasteiger partial charge on any atom is 0.136 e. The van der Waals surface area contributed by atoms with Gasteiger partial charge in [-0.25, -0.2) is 0 Å². The van der Waals surface area contributed by atoms with E-state index in [-0.39, 0.29) is 0 Å². The second-order valence-electron chi connectivity index (χ2n) is 10.4. The van der Waals surface area contributed by atoms with E-state index in [2.05, 4.69) is 141 Å². The van der Waals surface area contributed by atoms with Crippen LogP contribution in [0.15, 0.2) is 159 Å². The van der Waals surface area contributed by atoms with Crippen LogP contribution >= 0.6 is 55.4 Å². The molecule has 0 N–H and O–H groups in total. The molecule has 0 spiro atoms. The second kappa shape index (κ2) is 12.5. The van der Waals surface area contributed by atoms with E-state index in [1.807, 2.05) is 26.0 Å². The third-order valence-electron chi connectivity index (χ3n) is 7.43. The molecule has 0 atom stereocenters. The van der Waals surface area contributed by atoms with Crippen LogP contribution in [0, 0.1) is 13.8 Å². The number of rotatable bonds is 4. The van der Waals surface area contributed by atoms with Crippen molar-refractivity contribution in [1.29, 1.82) is 0 Å². The van der Waals surface area contributed by atoms with Crippen LogP contribution < -0.4 is 0 Å². The smallest absolute Gasteiger partial charge is 0.136 e. The Labute approximate surface area is 281 Å². The summed E-state index contributed by atoms with van der Waals surface area (Å²) >= 11 is 10.6. The van der Waals surface area contributed by atoms with Crippen molar-refractivity contribution in [2.45, 2.75) is 33.4 Å². The van der Waals surface area contributed by atoms with Crippen LogP contribution in [0.5, 0.6) is 0 Å². The first-order chi connectivity index (χ1) is 21.4. The molecule has 0 saturated carbocycles. The Morgan fingerprint density at radius 1 is 0.477 bits per heavy atom. The number of hydrogen-bond acceptors (Lipinski definition) is 4. The van der Waals surface area contributed by atoms with Gasteiger partial charge in [-0.2, -0.15) is 0 Å². The maximum absolute atomic E-state index is 5.98. The molecule has 2 heterocycles. The summed E-state index contributed by atoms with van der Waals surface area (Å²) < 4.78 is 14.1. The number of aryl methyl sites for hydroxylation is 2. The molecule has 0 unspecified atom stereocenters. The van der Waals surface area contributed by atoms with Gasteiger partial charge in [0.05, 0.1) is 9.79 Å². The van der Waals surface area contributed by atoms with E-state index >= 15 is 0 Å². The SMILES string of the molecule is Cc1oc2ccc3cc(Br)ccc3c2c1Sc1ccccc1.Cc1oc2ccc3cc(Br)ccc3c2c1Sc1ccccc1. The van der Waals surface area contributed by atoms with Crippen LogP contribution in [0.25, 0.3) is 43.5 Å². The fourth-order valence-corrected chi connectivity index (χ4v) is 8.24. The van der Waals surface area contributed by atoms with Crippen molar-refractivity contribution < 1.29 is 8.83 Å². The number of benzene rings is 6. The molecule has 0 aliphatic carbocycles. The molecule has 0 saturated heterocycles. The molecule has 2 nitrogen and oxygen atoms in total. The van der Waals surface area contributed by atoms with Crippen LogP contribution in [0.3, 0.4) is 0 Å². The summed E-state index contributed by atoms with van der Waals surface area (Å²) in [6, 6.07) is 42.0. The second-order valence-corrected chi connectivity index (χ2v) is 14.4. The summed E-state index contributed by atoms with van der Waals surface area (Å²) in [5.74, 6) is 1.94. The topological polar surface area (TPSA) is 26.3 Å². The summed E-state index contributed by atoms with van der Waals surface area (Å²) in [5.41, 5.74) is 1.90. The molecular formula is C38H26Br2O2S2. The molecule has 44 heavy (non-hydrogen) atoms. The van der Waals surface area contributed by atoms with Crippen molar-refractivity contribution in [2.24, 2.45) is 0 Å². The summed E-state index contributed by atoms with van der Waals surface area (Å²) in [5, 5.41) is 7.31. The molecule has 8 rings (SSSR count). The van der Waals surface area contributed by atoms with Gasteiger partial charge in [0.25, 0.3) is 0 Å². The van der Waals surface area contributed by atoms with Crippen molar-refractivity contribution in [1.82, 2.24) is 0 Å². The van der Waals surface area contributed by atoms with E-state index in [1.54, 1.807) is 23.5 Å². The van der Waals surface area contributed by atoms with Crippen molar-refractivity contribution >= 4 is 98.9 Å². The van der Waals surface area contributed by atoms with E-state index in [0.717, 1.165) is 31.6 Å². The van der Waals surface area contributed by atoms with E-state index in [1.165, 1.54) is 51.9 Å². The minimum Gasteiger partial charge on any atom is -0.460 e. The monoisotopic (exact) mass is 736 g/mol. The highest BCUT2D eigenvalue weighted by Gasteiger charge is 2.16. The lowest BCUT2D eigenvalue weighted by Crippen LogP contribution is -1.78. The lowest BCUT2D eigenvalue weighted by atomic mass is 10.1. The Morgan fingerprint density at radius 3 is 1.30 bits per heavy atom. The largest absolute Gasteiger partial charge is 0.460 e. The Kier molecular flexibility index (Phi) is 8.34. The average Bonchev–Trinajstić information content (AvgIpc) is 3.53. The zero-order valence-electron chi connectivity index (χ0n) is 23.9. The van der Waals surface area contributed by atoms with Crippen LogP contribution in [0.2, 0.25) is 0 Å². The minimum absolute atomic E-state index is 0.950. The summed E-state index contributed by atoms with van der Waals surface area (Å²) in [6.07, 6.45) is 0. The molecule has 216 valence electrons. The number of halogens is 2. The molecule has 8 aromatic rings. The van der Waals surface area contributed by atoms with Crippen LogP contribution in [0.1, 0.15) is 11.5 Å². The van der Waals surface area contributed by atoms with Crippen LogP contribution in [0.4, 0.5) is 0 Å². The van der Waals surface area contributed by atoms with Gasteiger partial charge >= 0.3 is 0 Å². The van der Waals surface area contributed by atoms with Gasteiger partial charge in [0.1, 0.15) is 22.7 Å². The predicted molar refractivity (Wildman–Crippen MR) is 193 cm³/mol. The fourth-order valence-electron chi connectivity index (χ4n) is 5.43. The van der Waals surface area contributed by atoms with Crippen molar-refractivity contribution in [2.75, 3.05) is 0 Å². The standard InChI is InChI=1S/2C19H13BrOS/c2*1-12-19(22-15-5-3-2-4-6-15)18-16-9-8-14(20)11-13(16)7-10-17(18)21-12/h2*2-11H,1H3. The van der Waals surface area contributed by atoms with Gasteiger partial charge in [-0.1, -0.05) is 116 Å².